The Labute approximate surface area is 98.5 Å². The Bertz CT molecular complexity index is 589. The first-order chi connectivity index (χ1) is 8.47. The van der Waals surface area contributed by atoms with Crippen LogP contribution in [0.15, 0.2) is 18.3 Å². The van der Waals surface area contributed by atoms with Crippen molar-refractivity contribution in [3.63, 3.8) is 0 Å². The van der Waals surface area contributed by atoms with Gasteiger partial charge in [-0.25, -0.2) is 17.9 Å². The second kappa shape index (κ2) is 4.47. The van der Waals surface area contributed by atoms with Crippen LogP contribution in [0.5, 0.6) is 0 Å². The predicted molar refractivity (Wildman–Crippen MR) is 52.6 cm³/mol. The van der Waals surface area contributed by atoms with Gasteiger partial charge in [-0.2, -0.15) is 0 Å². The number of halogens is 3. The second-order valence-corrected chi connectivity index (χ2v) is 3.45. The average molecular weight is 257 g/mol. The molecule has 1 aromatic heterocycles. The molecule has 0 amide bonds. The lowest BCUT2D eigenvalue weighted by Crippen LogP contribution is -2.00. The zero-order valence-electron chi connectivity index (χ0n) is 8.77. The van der Waals surface area contributed by atoms with Gasteiger partial charge >= 0.3 is 5.97 Å². The summed E-state index contributed by atoms with van der Waals surface area (Å²) in [5, 5.41) is 15.5. The van der Waals surface area contributed by atoms with Gasteiger partial charge in [0.05, 0.1) is 24.0 Å². The van der Waals surface area contributed by atoms with Gasteiger partial charge in [0.15, 0.2) is 17.5 Å². The van der Waals surface area contributed by atoms with Gasteiger partial charge in [0.1, 0.15) is 0 Å². The van der Waals surface area contributed by atoms with Crippen molar-refractivity contribution in [2.75, 3.05) is 0 Å². The van der Waals surface area contributed by atoms with E-state index >= 15 is 0 Å². The van der Waals surface area contributed by atoms with Gasteiger partial charge in [0.2, 0.25) is 0 Å². The molecule has 0 saturated carbocycles. The van der Waals surface area contributed by atoms with Crippen LogP contribution in [0.4, 0.5) is 13.2 Å². The van der Waals surface area contributed by atoms with Crippen LogP contribution >= 0.6 is 0 Å². The summed E-state index contributed by atoms with van der Waals surface area (Å²) >= 11 is 0. The highest BCUT2D eigenvalue weighted by Crippen LogP contribution is 2.16. The third-order valence-corrected chi connectivity index (χ3v) is 2.11. The summed E-state index contributed by atoms with van der Waals surface area (Å²) in [6.07, 6.45) is 0.826. The van der Waals surface area contributed by atoms with Crippen molar-refractivity contribution in [2.45, 2.75) is 6.42 Å². The van der Waals surface area contributed by atoms with Gasteiger partial charge in [-0.3, -0.25) is 4.79 Å². The maximum atomic E-state index is 13.0. The number of carbonyl (C=O) groups is 1. The first-order valence-electron chi connectivity index (χ1n) is 4.75. The summed E-state index contributed by atoms with van der Waals surface area (Å²) in [6, 6.07) is 1.47. The van der Waals surface area contributed by atoms with Crippen LogP contribution in [0, 0.1) is 17.5 Å². The molecule has 0 atom stereocenters. The first kappa shape index (κ1) is 12.1. The van der Waals surface area contributed by atoms with Crippen molar-refractivity contribution in [1.29, 1.82) is 0 Å². The van der Waals surface area contributed by atoms with Gasteiger partial charge < -0.3 is 5.11 Å². The lowest BCUT2D eigenvalue weighted by molar-refractivity contribution is -0.136. The molecule has 0 fully saturated rings. The molecular formula is C10H6F3N3O2. The quantitative estimate of drug-likeness (QED) is 0.842. The van der Waals surface area contributed by atoms with Crippen LogP contribution < -0.4 is 0 Å². The number of nitrogens with zero attached hydrogens (tertiary/aromatic N) is 3. The zero-order valence-corrected chi connectivity index (χ0v) is 8.77. The smallest absolute Gasteiger partial charge is 0.309 e. The number of hydrogen-bond acceptors (Lipinski definition) is 3. The summed E-state index contributed by atoms with van der Waals surface area (Å²) in [4.78, 5) is 10.4. The molecular weight excluding hydrogens is 251 g/mol. The highest BCUT2D eigenvalue weighted by atomic mass is 19.2. The summed E-state index contributed by atoms with van der Waals surface area (Å²) in [7, 11) is 0. The fourth-order valence-electron chi connectivity index (χ4n) is 1.33. The Kier molecular flexibility index (Phi) is 3.00. The van der Waals surface area contributed by atoms with E-state index in [-0.39, 0.29) is 17.8 Å². The van der Waals surface area contributed by atoms with E-state index in [1.807, 2.05) is 0 Å². The van der Waals surface area contributed by atoms with Crippen molar-refractivity contribution < 1.29 is 23.1 Å². The minimum Gasteiger partial charge on any atom is -0.481 e. The van der Waals surface area contributed by atoms with Crippen LogP contribution in [0.2, 0.25) is 0 Å². The number of rotatable bonds is 3. The van der Waals surface area contributed by atoms with Crippen LogP contribution in [0.25, 0.3) is 5.69 Å². The maximum absolute atomic E-state index is 13.0. The highest BCUT2D eigenvalue weighted by Gasteiger charge is 2.13. The lowest BCUT2D eigenvalue weighted by atomic mass is 10.3. The normalized spacial score (nSPS) is 10.6. The van der Waals surface area contributed by atoms with Crippen molar-refractivity contribution in [3.8, 4) is 5.69 Å². The number of aliphatic carboxylic acids is 1. The van der Waals surface area contributed by atoms with Crippen LogP contribution in [0.3, 0.4) is 0 Å². The molecule has 0 unspecified atom stereocenters. The Morgan fingerprint density at radius 3 is 2.44 bits per heavy atom. The summed E-state index contributed by atoms with van der Waals surface area (Å²) in [6.45, 7) is 0. The summed E-state index contributed by atoms with van der Waals surface area (Å²) < 4.78 is 39.6. The Morgan fingerprint density at radius 2 is 1.89 bits per heavy atom. The van der Waals surface area contributed by atoms with Crippen LogP contribution in [-0.2, 0) is 11.2 Å². The fraction of sp³-hybridized carbons (Fsp3) is 0.100. The summed E-state index contributed by atoms with van der Waals surface area (Å²) in [5.41, 5.74) is 0.0307. The molecule has 18 heavy (non-hydrogen) atoms. The molecule has 1 aromatic carbocycles. The first-order valence-corrected chi connectivity index (χ1v) is 4.75. The molecule has 0 spiro atoms. The van der Waals surface area contributed by atoms with Crippen LogP contribution in [0.1, 0.15) is 5.69 Å². The lowest BCUT2D eigenvalue weighted by Gasteiger charge is -2.01. The number of aromatic nitrogens is 3. The molecule has 0 saturated heterocycles. The Balaban J connectivity index is 2.37. The van der Waals surface area contributed by atoms with E-state index in [9.17, 15) is 18.0 Å². The molecule has 1 N–H and O–H groups in total. The van der Waals surface area contributed by atoms with Gasteiger partial charge in [-0.05, 0) is 0 Å². The van der Waals surface area contributed by atoms with Crippen molar-refractivity contribution in [3.05, 3.63) is 41.5 Å². The maximum Gasteiger partial charge on any atom is 0.309 e. The molecule has 5 nitrogen and oxygen atoms in total. The fourth-order valence-corrected chi connectivity index (χ4v) is 1.33. The standard InChI is InChI=1S/C10H6F3N3O2/c11-7-2-6(3-8(12)10(7)13)16-4-5(14-15-16)1-9(17)18/h2-4H,1H2,(H,17,18). The van der Waals surface area contributed by atoms with Gasteiger partial charge in [0, 0.05) is 12.1 Å². The summed E-state index contributed by atoms with van der Waals surface area (Å²) in [5.74, 6) is -5.41. The SMILES string of the molecule is O=C(O)Cc1cn(-c2cc(F)c(F)c(F)c2)nn1. The van der Waals surface area contributed by atoms with E-state index < -0.39 is 23.4 Å². The molecule has 8 heteroatoms. The van der Waals surface area contributed by atoms with Gasteiger partial charge in [0.25, 0.3) is 0 Å². The molecule has 94 valence electrons. The largest absolute Gasteiger partial charge is 0.481 e. The number of benzene rings is 1. The molecule has 0 radical (unpaired) electrons. The minimum absolute atomic E-state index is 0.0875. The molecule has 1 heterocycles. The van der Waals surface area contributed by atoms with Gasteiger partial charge in [-0.1, -0.05) is 5.21 Å². The van der Waals surface area contributed by atoms with E-state index in [0.717, 1.165) is 16.8 Å². The van der Waals surface area contributed by atoms with Gasteiger partial charge in [-0.15, -0.1) is 5.10 Å². The molecule has 0 aliphatic rings. The van der Waals surface area contributed by atoms with Crippen molar-refractivity contribution in [2.24, 2.45) is 0 Å². The molecule has 2 rings (SSSR count). The van der Waals surface area contributed by atoms with E-state index in [1.165, 1.54) is 6.20 Å². The van der Waals surface area contributed by atoms with E-state index in [0.29, 0.717) is 0 Å². The number of carboxylic acids is 1. The van der Waals surface area contributed by atoms with E-state index in [1.54, 1.807) is 0 Å². The average Bonchev–Trinajstić information content (AvgIpc) is 2.72. The minimum atomic E-state index is -1.58. The Hall–Kier alpha value is -2.38. The topological polar surface area (TPSA) is 68.0 Å². The molecule has 0 aliphatic carbocycles. The van der Waals surface area contributed by atoms with Crippen molar-refractivity contribution in [1.82, 2.24) is 15.0 Å². The highest BCUT2D eigenvalue weighted by molar-refractivity contribution is 5.69. The number of hydrogen-bond donors (Lipinski definition) is 1. The zero-order chi connectivity index (χ0) is 13.3. The second-order valence-electron chi connectivity index (χ2n) is 3.45. The Morgan fingerprint density at radius 1 is 1.28 bits per heavy atom. The molecule has 2 aromatic rings. The monoisotopic (exact) mass is 257 g/mol. The molecule has 0 bridgehead atoms. The predicted octanol–water partition coefficient (Wildman–Crippen LogP) is 1.31. The van der Waals surface area contributed by atoms with E-state index in [4.69, 9.17) is 5.11 Å². The third-order valence-electron chi connectivity index (χ3n) is 2.11. The van der Waals surface area contributed by atoms with Crippen molar-refractivity contribution >= 4 is 5.97 Å². The number of carboxylic acid groups (broad SMARTS) is 1. The third kappa shape index (κ3) is 2.31. The van der Waals surface area contributed by atoms with Crippen LogP contribution in [-0.4, -0.2) is 26.1 Å². The molecule has 0 aliphatic heterocycles. The van der Waals surface area contributed by atoms with E-state index in [2.05, 4.69) is 10.3 Å².